The van der Waals surface area contributed by atoms with Crippen molar-refractivity contribution in [2.45, 2.75) is 25.7 Å². The van der Waals surface area contributed by atoms with E-state index in [2.05, 4.69) is 5.32 Å². The lowest BCUT2D eigenvalue weighted by Gasteiger charge is -2.25. The van der Waals surface area contributed by atoms with Gasteiger partial charge in [0.15, 0.2) is 0 Å². The fourth-order valence-electron chi connectivity index (χ4n) is 2.01. The third-order valence-corrected chi connectivity index (χ3v) is 3.32. The van der Waals surface area contributed by atoms with Crippen molar-refractivity contribution in [3.63, 3.8) is 0 Å². The summed E-state index contributed by atoms with van der Waals surface area (Å²) >= 11 is 0. The number of anilines is 1. The Bertz CT molecular complexity index is 416. The quantitative estimate of drug-likeness (QED) is 0.788. The maximum Gasteiger partial charge on any atom is 0.253 e. The van der Waals surface area contributed by atoms with E-state index in [9.17, 15) is 9.18 Å². The second-order valence-corrected chi connectivity index (χ2v) is 4.57. The third-order valence-electron chi connectivity index (χ3n) is 3.32. The Morgan fingerprint density at radius 3 is 2.82 bits per heavy atom. The summed E-state index contributed by atoms with van der Waals surface area (Å²) in [6.07, 6.45) is 4.87. The Morgan fingerprint density at radius 1 is 1.47 bits per heavy atom. The van der Waals surface area contributed by atoms with Gasteiger partial charge in [-0.1, -0.05) is 19.3 Å². The smallest absolute Gasteiger partial charge is 0.253 e. The first-order valence-electron chi connectivity index (χ1n) is 6.00. The summed E-state index contributed by atoms with van der Waals surface area (Å²) in [6.45, 7) is 0.667. The van der Waals surface area contributed by atoms with Crippen LogP contribution in [0.3, 0.4) is 0 Å². The summed E-state index contributed by atoms with van der Waals surface area (Å²) < 4.78 is 12.8. The predicted molar refractivity (Wildman–Crippen MR) is 65.1 cm³/mol. The normalized spacial score (nSPS) is 15.4. The molecule has 0 radical (unpaired) electrons. The standard InChI is InChI=1S/C13H17FN2O/c14-10-4-5-11(12(15)8-10)13(17)16-7-6-9-2-1-3-9/h4-5,8-9H,1-3,6-7,15H2,(H,16,17). The lowest BCUT2D eigenvalue weighted by atomic mass is 9.83. The minimum absolute atomic E-state index is 0.186. The van der Waals surface area contributed by atoms with Crippen molar-refractivity contribution in [2.75, 3.05) is 12.3 Å². The molecule has 0 unspecified atom stereocenters. The summed E-state index contributed by atoms with van der Waals surface area (Å²) in [5.41, 5.74) is 6.12. The lowest BCUT2D eigenvalue weighted by Crippen LogP contribution is -2.28. The van der Waals surface area contributed by atoms with Crippen LogP contribution in [0.1, 0.15) is 36.0 Å². The minimum Gasteiger partial charge on any atom is -0.398 e. The molecule has 0 heterocycles. The van der Waals surface area contributed by atoms with Crippen molar-refractivity contribution in [3.05, 3.63) is 29.6 Å². The Labute approximate surface area is 100 Å². The molecule has 1 aromatic carbocycles. The van der Waals surface area contributed by atoms with Gasteiger partial charge < -0.3 is 11.1 Å². The number of halogens is 1. The van der Waals surface area contributed by atoms with Crippen LogP contribution >= 0.6 is 0 Å². The number of carbonyl (C=O) groups excluding carboxylic acids is 1. The number of nitrogens with two attached hydrogens (primary N) is 1. The summed E-state index contributed by atoms with van der Waals surface area (Å²) in [6, 6.07) is 3.83. The first-order valence-corrected chi connectivity index (χ1v) is 6.00. The van der Waals surface area contributed by atoms with E-state index in [0.717, 1.165) is 12.3 Å². The lowest BCUT2D eigenvalue weighted by molar-refractivity contribution is 0.0950. The van der Waals surface area contributed by atoms with Gasteiger partial charge in [-0.15, -0.1) is 0 Å². The predicted octanol–water partition coefficient (Wildman–Crippen LogP) is 2.33. The number of amides is 1. The highest BCUT2D eigenvalue weighted by atomic mass is 19.1. The number of carbonyl (C=O) groups is 1. The Hall–Kier alpha value is -1.58. The molecule has 0 spiro atoms. The summed E-state index contributed by atoms with van der Waals surface area (Å²) in [7, 11) is 0. The molecule has 1 fully saturated rings. The van der Waals surface area contributed by atoms with Gasteiger partial charge in [-0.2, -0.15) is 0 Å². The number of hydrogen-bond donors (Lipinski definition) is 2. The maximum absolute atomic E-state index is 12.8. The van der Waals surface area contributed by atoms with Crippen LogP contribution in [0.25, 0.3) is 0 Å². The van der Waals surface area contributed by atoms with Gasteiger partial charge in [0.1, 0.15) is 5.82 Å². The second-order valence-electron chi connectivity index (χ2n) is 4.57. The van der Waals surface area contributed by atoms with Crippen LogP contribution < -0.4 is 11.1 Å². The second kappa shape index (κ2) is 5.17. The van der Waals surface area contributed by atoms with Crippen LogP contribution in [0, 0.1) is 11.7 Å². The van der Waals surface area contributed by atoms with E-state index in [1.54, 1.807) is 0 Å². The SMILES string of the molecule is Nc1cc(F)ccc1C(=O)NCCC1CCC1. The monoisotopic (exact) mass is 236 g/mol. The van der Waals surface area contributed by atoms with E-state index in [1.807, 2.05) is 0 Å². The molecule has 3 nitrogen and oxygen atoms in total. The van der Waals surface area contributed by atoms with E-state index < -0.39 is 5.82 Å². The molecule has 4 heteroatoms. The minimum atomic E-state index is -0.423. The van der Waals surface area contributed by atoms with Crippen LogP contribution in [0.4, 0.5) is 10.1 Å². The van der Waals surface area contributed by atoms with Gasteiger partial charge in [-0.3, -0.25) is 4.79 Å². The zero-order chi connectivity index (χ0) is 12.3. The van der Waals surface area contributed by atoms with Crippen molar-refractivity contribution in [1.29, 1.82) is 0 Å². The van der Waals surface area contributed by atoms with Crippen LogP contribution in [0.2, 0.25) is 0 Å². The number of benzene rings is 1. The number of nitrogens with one attached hydrogen (secondary N) is 1. The summed E-state index contributed by atoms with van der Waals surface area (Å²) in [4.78, 5) is 11.8. The van der Waals surface area contributed by atoms with Crippen molar-refractivity contribution in [3.8, 4) is 0 Å². The molecule has 0 bridgehead atoms. The fourth-order valence-corrected chi connectivity index (χ4v) is 2.01. The average molecular weight is 236 g/mol. The van der Waals surface area contributed by atoms with E-state index in [0.29, 0.717) is 12.1 Å². The van der Waals surface area contributed by atoms with Crippen molar-refractivity contribution < 1.29 is 9.18 Å². The Morgan fingerprint density at radius 2 is 2.24 bits per heavy atom. The Kier molecular flexibility index (Phi) is 3.61. The first-order chi connectivity index (χ1) is 8.16. The van der Waals surface area contributed by atoms with Crippen molar-refractivity contribution in [1.82, 2.24) is 5.32 Å². The van der Waals surface area contributed by atoms with Gasteiger partial charge >= 0.3 is 0 Å². The molecule has 1 amide bonds. The summed E-state index contributed by atoms with van der Waals surface area (Å²) in [5, 5.41) is 2.82. The van der Waals surface area contributed by atoms with E-state index in [4.69, 9.17) is 5.73 Å². The van der Waals surface area contributed by atoms with Crippen molar-refractivity contribution in [2.24, 2.45) is 5.92 Å². The van der Waals surface area contributed by atoms with E-state index >= 15 is 0 Å². The fraction of sp³-hybridized carbons (Fsp3) is 0.462. The third kappa shape index (κ3) is 2.96. The molecule has 3 N–H and O–H groups in total. The molecular formula is C13H17FN2O. The highest BCUT2D eigenvalue weighted by molar-refractivity contribution is 5.99. The number of nitrogen functional groups attached to an aromatic ring is 1. The van der Waals surface area contributed by atoms with Gasteiger partial charge in [0.2, 0.25) is 0 Å². The first kappa shape index (κ1) is 11.9. The average Bonchev–Trinajstić information content (AvgIpc) is 2.21. The largest absolute Gasteiger partial charge is 0.398 e. The molecule has 0 saturated heterocycles. The zero-order valence-corrected chi connectivity index (χ0v) is 9.71. The zero-order valence-electron chi connectivity index (χ0n) is 9.71. The Balaban J connectivity index is 1.85. The van der Waals surface area contributed by atoms with Gasteiger partial charge in [-0.05, 0) is 30.5 Å². The molecule has 1 aromatic rings. The van der Waals surface area contributed by atoms with Gasteiger partial charge in [-0.25, -0.2) is 4.39 Å². The van der Waals surface area contributed by atoms with Gasteiger partial charge in [0, 0.05) is 12.2 Å². The molecule has 2 rings (SSSR count). The molecule has 1 aliphatic rings. The molecule has 0 aromatic heterocycles. The molecule has 1 saturated carbocycles. The highest BCUT2D eigenvalue weighted by Gasteiger charge is 2.17. The highest BCUT2D eigenvalue weighted by Crippen LogP contribution is 2.28. The topological polar surface area (TPSA) is 55.1 Å². The van der Waals surface area contributed by atoms with E-state index in [1.165, 1.54) is 37.5 Å². The van der Waals surface area contributed by atoms with Crippen LogP contribution in [0.15, 0.2) is 18.2 Å². The van der Waals surface area contributed by atoms with Gasteiger partial charge in [0.05, 0.1) is 5.56 Å². The number of rotatable bonds is 4. The molecular weight excluding hydrogens is 219 g/mol. The van der Waals surface area contributed by atoms with Crippen LogP contribution in [0.5, 0.6) is 0 Å². The molecule has 1 aliphatic carbocycles. The molecule has 17 heavy (non-hydrogen) atoms. The molecule has 92 valence electrons. The number of hydrogen-bond acceptors (Lipinski definition) is 2. The maximum atomic E-state index is 12.8. The summed E-state index contributed by atoms with van der Waals surface area (Å²) in [5.74, 6) is 0.121. The van der Waals surface area contributed by atoms with Crippen LogP contribution in [-0.4, -0.2) is 12.5 Å². The molecule has 0 atom stereocenters. The van der Waals surface area contributed by atoms with Gasteiger partial charge in [0.25, 0.3) is 5.91 Å². The van der Waals surface area contributed by atoms with Crippen LogP contribution in [-0.2, 0) is 0 Å². The van der Waals surface area contributed by atoms with E-state index in [-0.39, 0.29) is 11.6 Å². The van der Waals surface area contributed by atoms with Crippen molar-refractivity contribution >= 4 is 11.6 Å². The molecule has 0 aliphatic heterocycles.